The van der Waals surface area contributed by atoms with Crippen molar-refractivity contribution in [2.45, 2.75) is 45.1 Å². The average molecular weight is 359 g/mol. The number of carbonyl (C=O) groups excluding carboxylic acids is 1. The van der Waals surface area contributed by atoms with Gasteiger partial charge in [-0.1, -0.05) is 43.1 Å². The van der Waals surface area contributed by atoms with Gasteiger partial charge in [-0.15, -0.1) is 6.58 Å². The molecule has 0 bridgehead atoms. The van der Waals surface area contributed by atoms with E-state index in [4.69, 9.17) is 0 Å². The number of nitro groups is 1. The largest absolute Gasteiger partial charge is 0.312 e. The molecule has 1 aromatic carbocycles. The first-order valence-electron chi connectivity index (χ1n) is 8.54. The molecule has 0 saturated heterocycles. The minimum atomic E-state index is -0.416. The van der Waals surface area contributed by atoms with Crippen LogP contribution in [-0.4, -0.2) is 15.4 Å². The van der Waals surface area contributed by atoms with Gasteiger partial charge in [0.2, 0.25) is 5.91 Å². The highest BCUT2D eigenvalue weighted by molar-refractivity contribution is 7.16. The summed E-state index contributed by atoms with van der Waals surface area (Å²) in [6.07, 6.45) is 8.07. The lowest BCUT2D eigenvalue weighted by atomic mass is 10.0. The molecule has 7 heteroatoms. The number of nitrogens with zero attached hydrogens (tertiary/aromatic N) is 3. The third-order valence-corrected chi connectivity index (χ3v) is 5.69. The molecule has 1 heterocycles. The molecule has 3 rings (SSSR count). The number of rotatable bonds is 6. The molecule has 2 aromatic rings. The van der Waals surface area contributed by atoms with E-state index in [0.29, 0.717) is 23.7 Å². The van der Waals surface area contributed by atoms with Crippen LogP contribution in [-0.2, 0) is 11.3 Å². The Labute approximate surface area is 149 Å². The molecule has 1 aliphatic carbocycles. The van der Waals surface area contributed by atoms with E-state index < -0.39 is 4.92 Å². The highest BCUT2D eigenvalue weighted by Gasteiger charge is 2.16. The van der Waals surface area contributed by atoms with E-state index in [1.54, 1.807) is 12.1 Å². The first kappa shape index (κ1) is 17.5. The Kier molecular flexibility index (Phi) is 5.43. The molecule has 0 atom stereocenters. The van der Waals surface area contributed by atoms with Crippen LogP contribution in [0.3, 0.4) is 0 Å². The van der Waals surface area contributed by atoms with E-state index in [9.17, 15) is 14.9 Å². The number of amides is 1. The van der Waals surface area contributed by atoms with Crippen molar-refractivity contribution >= 4 is 33.1 Å². The Balaban J connectivity index is 1.89. The standard InChI is InChI=1S/C18H21N3O3S/c1-2-11-20-15-9-8-14(21(23)24)12-16(15)25-18(20)19-17(22)10-7-13-5-3-4-6-13/h2,8-9,12-13H,1,3-7,10-11H2. The molecule has 0 spiro atoms. The van der Waals surface area contributed by atoms with Crippen LogP contribution < -0.4 is 4.80 Å². The van der Waals surface area contributed by atoms with Crippen molar-refractivity contribution < 1.29 is 9.72 Å². The summed E-state index contributed by atoms with van der Waals surface area (Å²) in [6.45, 7) is 4.25. The number of non-ortho nitro benzene ring substituents is 1. The minimum absolute atomic E-state index is 0.0404. The third-order valence-electron chi connectivity index (χ3n) is 4.65. The summed E-state index contributed by atoms with van der Waals surface area (Å²) in [6, 6.07) is 4.71. The Morgan fingerprint density at radius 2 is 2.20 bits per heavy atom. The number of hydrogen-bond donors (Lipinski definition) is 0. The van der Waals surface area contributed by atoms with Gasteiger partial charge in [0.25, 0.3) is 5.69 Å². The van der Waals surface area contributed by atoms with Crippen molar-refractivity contribution in [2.24, 2.45) is 10.9 Å². The maximum atomic E-state index is 12.3. The van der Waals surface area contributed by atoms with Crippen LogP contribution in [0.25, 0.3) is 10.2 Å². The topological polar surface area (TPSA) is 77.5 Å². The number of hydrogen-bond acceptors (Lipinski definition) is 4. The highest BCUT2D eigenvalue weighted by atomic mass is 32.1. The second-order valence-corrected chi connectivity index (χ2v) is 7.40. The van der Waals surface area contributed by atoms with Gasteiger partial charge in [0, 0.05) is 25.1 Å². The zero-order chi connectivity index (χ0) is 17.8. The summed E-state index contributed by atoms with van der Waals surface area (Å²) in [5, 5.41) is 11.0. The van der Waals surface area contributed by atoms with Crippen molar-refractivity contribution in [1.29, 1.82) is 0 Å². The van der Waals surface area contributed by atoms with Crippen LogP contribution >= 0.6 is 11.3 Å². The molecule has 1 aliphatic rings. The average Bonchev–Trinajstić information content (AvgIpc) is 3.21. The molecule has 0 unspecified atom stereocenters. The van der Waals surface area contributed by atoms with Gasteiger partial charge in [0.05, 0.1) is 15.1 Å². The first-order valence-corrected chi connectivity index (χ1v) is 9.36. The summed E-state index contributed by atoms with van der Waals surface area (Å²) in [5.74, 6) is 0.537. The molecule has 6 nitrogen and oxygen atoms in total. The van der Waals surface area contributed by atoms with Crippen LogP contribution in [0.1, 0.15) is 38.5 Å². The van der Waals surface area contributed by atoms with Crippen LogP contribution in [0.4, 0.5) is 5.69 Å². The van der Waals surface area contributed by atoms with Crippen LogP contribution in [0.15, 0.2) is 35.8 Å². The summed E-state index contributed by atoms with van der Waals surface area (Å²) in [5.41, 5.74) is 0.872. The quantitative estimate of drug-likeness (QED) is 0.441. The van der Waals surface area contributed by atoms with Gasteiger partial charge in [0.15, 0.2) is 4.80 Å². The molecule has 1 fully saturated rings. The van der Waals surface area contributed by atoms with Crippen LogP contribution in [0.5, 0.6) is 0 Å². The van der Waals surface area contributed by atoms with E-state index in [1.807, 2.05) is 4.57 Å². The maximum absolute atomic E-state index is 12.3. The summed E-state index contributed by atoms with van der Waals surface area (Å²) in [7, 11) is 0. The van der Waals surface area contributed by atoms with Gasteiger partial charge in [-0.05, 0) is 18.4 Å². The molecule has 0 aliphatic heterocycles. The number of thiazole rings is 1. The summed E-state index contributed by atoms with van der Waals surface area (Å²) >= 11 is 1.31. The second-order valence-electron chi connectivity index (χ2n) is 6.39. The molecule has 132 valence electrons. The number of benzene rings is 1. The normalized spacial score (nSPS) is 15.8. The summed E-state index contributed by atoms with van der Waals surface area (Å²) in [4.78, 5) is 27.7. The van der Waals surface area contributed by atoms with Crippen molar-refractivity contribution in [3.8, 4) is 0 Å². The molecule has 1 saturated carbocycles. The molecular weight excluding hydrogens is 338 g/mol. The van der Waals surface area contributed by atoms with E-state index in [1.165, 1.54) is 49.2 Å². The number of nitro benzene ring substituents is 1. The zero-order valence-corrected chi connectivity index (χ0v) is 14.8. The number of fused-ring (bicyclic) bond motifs is 1. The van der Waals surface area contributed by atoms with E-state index in [2.05, 4.69) is 11.6 Å². The Bertz CT molecular complexity index is 875. The fourth-order valence-electron chi connectivity index (χ4n) is 3.36. The SMILES string of the molecule is C=CCn1c(=NC(=O)CCC2CCCC2)sc2cc([N+](=O)[O-])ccc21. The Hall–Kier alpha value is -2.28. The fraction of sp³-hybridized carbons (Fsp3) is 0.444. The van der Waals surface area contributed by atoms with Crippen LogP contribution in [0.2, 0.25) is 0 Å². The van der Waals surface area contributed by atoms with Crippen molar-refractivity contribution in [1.82, 2.24) is 4.57 Å². The molecule has 1 amide bonds. The van der Waals surface area contributed by atoms with Gasteiger partial charge in [-0.25, -0.2) is 0 Å². The lowest BCUT2D eigenvalue weighted by molar-refractivity contribution is -0.384. The maximum Gasteiger partial charge on any atom is 0.270 e. The van der Waals surface area contributed by atoms with E-state index in [0.717, 1.165) is 16.6 Å². The van der Waals surface area contributed by atoms with Crippen LogP contribution in [0, 0.1) is 16.0 Å². The smallest absolute Gasteiger partial charge is 0.270 e. The molecule has 0 radical (unpaired) electrons. The number of aromatic nitrogens is 1. The van der Waals surface area contributed by atoms with Gasteiger partial charge in [-0.2, -0.15) is 4.99 Å². The predicted molar refractivity (Wildman–Crippen MR) is 98.4 cm³/mol. The fourth-order valence-corrected chi connectivity index (χ4v) is 4.45. The highest BCUT2D eigenvalue weighted by Crippen LogP contribution is 2.28. The van der Waals surface area contributed by atoms with Gasteiger partial charge < -0.3 is 4.57 Å². The number of allylic oxidation sites excluding steroid dienone is 1. The second kappa shape index (κ2) is 7.74. The lowest BCUT2D eigenvalue weighted by Crippen LogP contribution is -2.16. The first-order chi connectivity index (χ1) is 12.1. The molecular formula is C18H21N3O3S. The van der Waals surface area contributed by atoms with Crippen molar-refractivity contribution in [3.05, 3.63) is 45.8 Å². The van der Waals surface area contributed by atoms with E-state index in [-0.39, 0.29) is 11.6 Å². The monoisotopic (exact) mass is 359 g/mol. The lowest BCUT2D eigenvalue weighted by Gasteiger charge is -2.05. The number of carbonyl (C=O) groups is 1. The molecule has 0 N–H and O–H groups in total. The van der Waals surface area contributed by atoms with Crippen molar-refractivity contribution in [2.75, 3.05) is 0 Å². The zero-order valence-electron chi connectivity index (χ0n) is 14.0. The van der Waals surface area contributed by atoms with E-state index >= 15 is 0 Å². The van der Waals surface area contributed by atoms with Gasteiger partial charge >= 0.3 is 0 Å². The van der Waals surface area contributed by atoms with Gasteiger partial charge in [-0.3, -0.25) is 14.9 Å². The Morgan fingerprint density at radius 3 is 2.88 bits per heavy atom. The molecule has 25 heavy (non-hydrogen) atoms. The third kappa shape index (κ3) is 4.04. The minimum Gasteiger partial charge on any atom is -0.312 e. The van der Waals surface area contributed by atoms with Crippen molar-refractivity contribution in [3.63, 3.8) is 0 Å². The Morgan fingerprint density at radius 1 is 1.44 bits per heavy atom. The summed E-state index contributed by atoms with van der Waals surface area (Å²) < 4.78 is 2.63. The molecule has 1 aromatic heterocycles. The predicted octanol–water partition coefficient (Wildman–Crippen LogP) is 4.19. The van der Waals surface area contributed by atoms with Gasteiger partial charge in [0.1, 0.15) is 0 Å².